The largest absolute Gasteiger partial charge is 0.467 e. The number of carbonyl (C=O) groups is 1. The van der Waals surface area contributed by atoms with Crippen LogP contribution in [0.4, 0.5) is 13.2 Å². The molecule has 2 saturated heterocycles. The third kappa shape index (κ3) is 2.80. The molecule has 0 saturated carbocycles. The van der Waals surface area contributed by atoms with E-state index in [9.17, 15) is 18.0 Å². The second-order valence-electron chi connectivity index (χ2n) is 6.90. The van der Waals surface area contributed by atoms with Crippen LogP contribution >= 0.6 is 0 Å². The molecule has 2 aliphatic heterocycles. The molecule has 1 amide bonds. The van der Waals surface area contributed by atoms with Gasteiger partial charge < -0.3 is 14.1 Å². The third-order valence-corrected chi connectivity index (χ3v) is 5.40. The summed E-state index contributed by atoms with van der Waals surface area (Å²) in [6.45, 7) is 1.83. The van der Waals surface area contributed by atoms with E-state index in [1.165, 1.54) is 12.1 Å². The molecule has 0 bridgehead atoms. The zero-order chi connectivity index (χ0) is 18.4. The maximum absolute atomic E-state index is 12.9. The van der Waals surface area contributed by atoms with Crippen LogP contribution in [0.3, 0.4) is 0 Å². The van der Waals surface area contributed by atoms with Gasteiger partial charge in [0.05, 0.1) is 17.9 Å². The van der Waals surface area contributed by atoms with Crippen molar-refractivity contribution in [3.63, 3.8) is 0 Å². The maximum atomic E-state index is 12.9. The summed E-state index contributed by atoms with van der Waals surface area (Å²) in [6, 6.07) is 7.77. The number of hydrogen-bond acceptors (Lipinski definition) is 3. The molecular weight excluding hydrogens is 347 g/mol. The first-order valence-electron chi connectivity index (χ1n) is 8.50. The lowest BCUT2D eigenvalue weighted by Gasteiger charge is -2.58. The summed E-state index contributed by atoms with van der Waals surface area (Å²) in [6.07, 6.45) is -1.19. The summed E-state index contributed by atoms with van der Waals surface area (Å²) >= 11 is 0. The highest BCUT2D eigenvalue weighted by Gasteiger charge is 2.56. The van der Waals surface area contributed by atoms with Crippen LogP contribution < -0.4 is 0 Å². The van der Waals surface area contributed by atoms with E-state index in [4.69, 9.17) is 9.15 Å². The fourth-order valence-corrected chi connectivity index (χ4v) is 4.00. The Morgan fingerprint density at radius 3 is 2.38 bits per heavy atom. The number of benzene rings is 1. The molecular formula is C19H18F3NO3. The molecule has 0 aliphatic carbocycles. The number of ether oxygens (including phenoxy) is 1. The molecule has 1 aromatic heterocycles. The average molecular weight is 365 g/mol. The van der Waals surface area contributed by atoms with Crippen molar-refractivity contribution in [3.8, 4) is 0 Å². The number of amides is 1. The Kier molecular flexibility index (Phi) is 4.06. The zero-order valence-electron chi connectivity index (χ0n) is 14.0. The van der Waals surface area contributed by atoms with Crippen molar-refractivity contribution in [2.75, 3.05) is 19.8 Å². The number of carbonyl (C=O) groups excluding carboxylic acids is 1. The van der Waals surface area contributed by atoms with E-state index in [0.29, 0.717) is 25.5 Å². The van der Waals surface area contributed by atoms with Gasteiger partial charge >= 0.3 is 6.18 Å². The molecule has 1 unspecified atom stereocenters. The van der Waals surface area contributed by atoms with Gasteiger partial charge in [-0.25, -0.2) is 0 Å². The van der Waals surface area contributed by atoms with Crippen LogP contribution in [0.5, 0.6) is 0 Å². The summed E-state index contributed by atoms with van der Waals surface area (Å²) in [5, 5.41) is 0. The van der Waals surface area contributed by atoms with Gasteiger partial charge in [-0.05, 0) is 49.2 Å². The van der Waals surface area contributed by atoms with Crippen LogP contribution in [-0.2, 0) is 10.9 Å². The minimum Gasteiger partial charge on any atom is -0.467 e. The lowest BCUT2D eigenvalue weighted by atomic mass is 9.65. The molecule has 1 spiro atoms. The minimum absolute atomic E-state index is 0.0856. The standard InChI is InChI=1S/C19H18F3NO3/c20-19(21,22)14-5-3-13(4-6-14)17(24)23-12-18(7-10-25-11-8-18)16(23)15-2-1-9-26-15/h1-6,9,16H,7-8,10-12H2. The Bertz CT molecular complexity index is 777. The smallest absolute Gasteiger partial charge is 0.416 e. The van der Waals surface area contributed by atoms with Crippen molar-refractivity contribution in [2.24, 2.45) is 5.41 Å². The molecule has 4 nitrogen and oxygen atoms in total. The monoisotopic (exact) mass is 365 g/mol. The molecule has 26 heavy (non-hydrogen) atoms. The summed E-state index contributed by atoms with van der Waals surface area (Å²) in [5.74, 6) is 0.427. The van der Waals surface area contributed by atoms with E-state index >= 15 is 0 Å². The minimum atomic E-state index is -4.42. The van der Waals surface area contributed by atoms with Gasteiger partial charge in [0, 0.05) is 30.7 Å². The second-order valence-corrected chi connectivity index (χ2v) is 6.90. The van der Waals surface area contributed by atoms with Gasteiger partial charge in [-0.1, -0.05) is 0 Å². The fraction of sp³-hybridized carbons (Fsp3) is 0.421. The van der Waals surface area contributed by atoms with E-state index < -0.39 is 11.7 Å². The predicted octanol–water partition coefficient (Wildman–Crippen LogP) is 4.29. The Labute approximate surface area is 148 Å². The van der Waals surface area contributed by atoms with Crippen molar-refractivity contribution in [1.29, 1.82) is 0 Å². The summed E-state index contributed by atoms with van der Waals surface area (Å²) < 4.78 is 49.2. The molecule has 0 N–H and O–H groups in total. The highest BCUT2D eigenvalue weighted by atomic mass is 19.4. The summed E-state index contributed by atoms with van der Waals surface area (Å²) in [5.41, 5.74) is -0.602. The molecule has 7 heteroatoms. The maximum Gasteiger partial charge on any atom is 0.416 e. The molecule has 138 valence electrons. The average Bonchev–Trinajstić information content (AvgIpc) is 3.13. The lowest BCUT2D eigenvalue weighted by Crippen LogP contribution is -2.62. The summed E-state index contributed by atoms with van der Waals surface area (Å²) in [7, 11) is 0. The number of hydrogen-bond donors (Lipinski definition) is 0. The van der Waals surface area contributed by atoms with Gasteiger partial charge in [-0.2, -0.15) is 13.2 Å². The van der Waals surface area contributed by atoms with Gasteiger partial charge in [0.25, 0.3) is 5.91 Å². The first-order chi connectivity index (χ1) is 12.4. The lowest BCUT2D eigenvalue weighted by molar-refractivity contribution is -0.137. The van der Waals surface area contributed by atoms with Crippen LogP contribution in [0.2, 0.25) is 0 Å². The molecule has 3 heterocycles. The predicted molar refractivity (Wildman–Crippen MR) is 86.4 cm³/mol. The number of nitrogens with zero attached hydrogens (tertiary/aromatic N) is 1. The highest BCUT2D eigenvalue weighted by molar-refractivity contribution is 5.95. The first-order valence-corrected chi connectivity index (χ1v) is 8.50. The first kappa shape index (κ1) is 17.1. The van der Waals surface area contributed by atoms with Crippen LogP contribution in [0.25, 0.3) is 0 Å². The summed E-state index contributed by atoms with van der Waals surface area (Å²) in [4.78, 5) is 14.6. The molecule has 1 atom stereocenters. The number of alkyl halides is 3. The number of furan rings is 1. The normalized spacial score (nSPS) is 22.3. The van der Waals surface area contributed by atoms with Crippen LogP contribution in [0, 0.1) is 5.41 Å². The SMILES string of the molecule is O=C(c1ccc(C(F)(F)F)cc1)N1CC2(CCOCC2)C1c1ccco1. The molecule has 0 radical (unpaired) electrons. The zero-order valence-corrected chi connectivity index (χ0v) is 14.0. The van der Waals surface area contributed by atoms with E-state index in [2.05, 4.69) is 0 Å². The number of likely N-dealkylation sites (tertiary alicyclic amines) is 1. The molecule has 2 aliphatic rings. The van der Waals surface area contributed by atoms with E-state index in [1.807, 2.05) is 6.07 Å². The molecule has 1 aromatic carbocycles. The van der Waals surface area contributed by atoms with Crippen molar-refractivity contribution >= 4 is 5.91 Å². The van der Waals surface area contributed by atoms with Gasteiger partial charge in [-0.15, -0.1) is 0 Å². The number of halogens is 3. The molecule has 2 fully saturated rings. The van der Waals surface area contributed by atoms with E-state index in [1.54, 1.807) is 17.2 Å². The Morgan fingerprint density at radius 1 is 1.12 bits per heavy atom. The van der Waals surface area contributed by atoms with Crippen molar-refractivity contribution in [3.05, 3.63) is 59.5 Å². The van der Waals surface area contributed by atoms with Crippen molar-refractivity contribution < 1.29 is 27.1 Å². The van der Waals surface area contributed by atoms with E-state index in [0.717, 1.165) is 25.0 Å². The Balaban J connectivity index is 1.59. The fourth-order valence-electron chi connectivity index (χ4n) is 4.00. The van der Waals surface area contributed by atoms with Crippen LogP contribution in [-0.4, -0.2) is 30.6 Å². The molecule has 4 rings (SSSR count). The Hall–Kier alpha value is -2.28. The van der Waals surface area contributed by atoms with Gasteiger partial charge in [-0.3, -0.25) is 4.79 Å². The van der Waals surface area contributed by atoms with Gasteiger partial charge in [0.1, 0.15) is 5.76 Å². The third-order valence-electron chi connectivity index (χ3n) is 5.40. The van der Waals surface area contributed by atoms with Crippen LogP contribution in [0.15, 0.2) is 47.1 Å². The molecule has 2 aromatic rings. The van der Waals surface area contributed by atoms with Gasteiger partial charge in [0.15, 0.2) is 0 Å². The topological polar surface area (TPSA) is 42.7 Å². The van der Waals surface area contributed by atoms with Crippen molar-refractivity contribution in [1.82, 2.24) is 4.90 Å². The van der Waals surface area contributed by atoms with Crippen LogP contribution in [0.1, 0.15) is 40.6 Å². The quantitative estimate of drug-likeness (QED) is 0.797. The Morgan fingerprint density at radius 2 is 1.81 bits per heavy atom. The van der Waals surface area contributed by atoms with Gasteiger partial charge in [0.2, 0.25) is 0 Å². The highest BCUT2D eigenvalue weighted by Crippen LogP contribution is 2.55. The number of rotatable bonds is 2. The second kappa shape index (κ2) is 6.16. The van der Waals surface area contributed by atoms with E-state index in [-0.39, 0.29) is 22.9 Å². The van der Waals surface area contributed by atoms with Crippen molar-refractivity contribution in [2.45, 2.75) is 25.1 Å².